The highest BCUT2D eigenvalue weighted by atomic mass is 19.1. The molecule has 1 aromatic rings. The van der Waals surface area contributed by atoms with Crippen molar-refractivity contribution in [3.8, 4) is 5.75 Å². The number of nitrogens with one attached hydrogen (secondary N) is 1. The van der Waals surface area contributed by atoms with E-state index < -0.39 is 0 Å². The van der Waals surface area contributed by atoms with E-state index in [-0.39, 0.29) is 23.1 Å². The average Bonchev–Trinajstić information content (AvgIpc) is 2.96. The fourth-order valence-corrected chi connectivity index (χ4v) is 3.06. The van der Waals surface area contributed by atoms with Crippen molar-refractivity contribution in [3.63, 3.8) is 0 Å². The molecule has 1 atom stereocenters. The second-order valence-corrected chi connectivity index (χ2v) is 5.81. The van der Waals surface area contributed by atoms with Crippen LogP contribution < -0.4 is 16.0 Å². The molecular formula is C15H24FN3O. The van der Waals surface area contributed by atoms with Crippen molar-refractivity contribution in [2.75, 3.05) is 20.2 Å². The van der Waals surface area contributed by atoms with Gasteiger partial charge in [-0.05, 0) is 45.8 Å². The highest BCUT2D eigenvalue weighted by Crippen LogP contribution is 2.36. The van der Waals surface area contributed by atoms with Gasteiger partial charge in [-0.2, -0.15) is 0 Å². The molecule has 20 heavy (non-hydrogen) atoms. The Morgan fingerprint density at radius 1 is 1.35 bits per heavy atom. The van der Waals surface area contributed by atoms with Crippen LogP contribution in [-0.2, 0) is 0 Å². The highest BCUT2D eigenvalue weighted by Gasteiger charge is 2.38. The van der Waals surface area contributed by atoms with E-state index >= 15 is 0 Å². The third-order valence-corrected chi connectivity index (χ3v) is 4.32. The first-order chi connectivity index (χ1) is 9.52. The Bertz CT molecular complexity index is 458. The Labute approximate surface area is 120 Å². The fraction of sp³-hybridized carbons (Fsp3) is 0.600. The predicted octanol–water partition coefficient (Wildman–Crippen LogP) is 2.21. The Kier molecular flexibility index (Phi) is 4.62. The molecule has 1 unspecified atom stereocenters. The van der Waals surface area contributed by atoms with E-state index in [1.807, 2.05) is 0 Å². The molecule has 4 nitrogen and oxygen atoms in total. The second-order valence-electron chi connectivity index (χ2n) is 5.81. The van der Waals surface area contributed by atoms with Crippen LogP contribution in [0.25, 0.3) is 0 Å². The maximum absolute atomic E-state index is 14.5. The SMILES string of the molecule is COc1cccc(C(NN)C(C)(C)N2CCCC2)c1F. The predicted molar refractivity (Wildman–Crippen MR) is 77.9 cm³/mol. The molecular weight excluding hydrogens is 257 g/mol. The number of nitrogens with two attached hydrogens (primary N) is 1. The molecule has 112 valence electrons. The van der Waals surface area contributed by atoms with Crippen LogP contribution in [0.4, 0.5) is 4.39 Å². The summed E-state index contributed by atoms with van der Waals surface area (Å²) in [4.78, 5) is 2.36. The summed E-state index contributed by atoms with van der Waals surface area (Å²) in [5.41, 5.74) is 3.07. The average molecular weight is 281 g/mol. The monoisotopic (exact) mass is 281 g/mol. The van der Waals surface area contributed by atoms with Gasteiger partial charge in [-0.15, -0.1) is 0 Å². The maximum Gasteiger partial charge on any atom is 0.169 e. The lowest BCUT2D eigenvalue weighted by atomic mass is 9.87. The van der Waals surface area contributed by atoms with Crippen molar-refractivity contribution in [2.45, 2.75) is 38.3 Å². The molecule has 1 saturated heterocycles. The van der Waals surface area contributed by atoms with Gasteiger partial charge in [-0.25, -0.2) is 4.39 Å². The van der Waals surface area contributed by atoms with Gasteiger partial charge in [0.2, 0.25) is 0 Å². The van der Waals surface area contributed by atoms with Crippen molar-refractivity contribution in [1.82, 2.24) is 10.3 Å². The first kappa shape index (κ1) is 15.2. The quantitative estimate of drug-likeness (QED) is 0.642. The van der Waals surface area contributed by atoms with Crippen LogP contribution in [0.2, 0.25) is 0 Å². The minimum Gasteiger partial charge on any atom is -0.494 e. The first-order valence-electron chi connectivity index (χ1n) is 7.06. The molecule has 1 aliphatic heterocycles. The van der Waals surface area contributed by atoms with Crippen LogP contribution in [0.5, 0.6) is 5.75 Å². The summed E-state index contributed by atoms with van der Waals surface area (Å²) in [5, 5.41) is 0. The number of rotatable bonds is 5. The summed E-state index contributed by atoms with van der Waals surface area (Å²) < 4.78 is 19.5. The molecule has 0 amide bonds. The van der Waals surface area contributed by atoms with Gasteiger partial charge in [0.15, 0.2) is 11.6 Å². The standard InChI is InChI=1S/C15H24FN3O/c1-15(2,19-9-4-5-10-19)14(18-17)11-7-6-8-12(20-3)13(11)16/h6-8,14,18H,4-5,9-10,17H2,1-3H3. The summed E-state index contributed by atoms with van der Waals surface area (Å²) in [6, 6.07) is 4.88. The molecule has 3 N–H and O–H groups in total. The number of halogens is 1. The first-order valence-corrected chi connectivity index (χ1v) is 7.06. The largest absolute Gasteiger partial charge is 0.494 e. The van der Waals surface area contributed by atoms with Crippen LogP contribution in [0.1, 0.15) is 38.3 Å². The molecule has 0 aromatic heterocycles. The number of ether oxygens (including phenoxy) is 1. The number of methoxy groups -OCH3 is 1. The van der Waals surface area contributed by atoms with Gasteiger partial charge in [0, 0.05) is 11.1 Å². The van der Waals surface area contributed by atoms with Gasteiger partial charge < -0.3 is 4.74 Å². The zero-order valence-electron chi connectivity index (χ0n) is 12.4. The number of hydrogen-bond donors (Lipinski definition) is 2. The number of hydrogen-bond acceptors (Lipinski definition) is 4. The van der Waals surface area contributed by atoms with Crippen LogP contribution >= 0.6 is 0 Å². The van der Waals surface area contributed by atoms with Crippen LogP contribution in [0.3, 0.4) is 0 Å². The number of hydrazine groups is 1. The summed E-state index contributed by atoms with van der Waals surface area (Å²) in [6.45, 7) is 6.25. The van der Waals surface area contributed by atoms with Gasteiger partial charge in [-0.3, -0.25) is 16.2 Å². The minimum absolute atomic E-state index is 0.250. The third kappa shape index (κ3) is 2.66. The van der Waals surface area contributed by atoms with Gasteiger partial charge >= 0.3 is 0 Å². The number of nitrogens with zero attached hydrogens (tertiary/aromatic N) is 1. The fourth-order valence-electron chi connectivity index (χ4n) is 3.06. The van der Waals surface area contributed by atoms with Crippen molar-refractivity contribution >= 4 is 0 Å². The summed E-state index contributed by atoms with van der Waals surface area (Å²) in [6.07, 6.45) is 2.36. The lowest BCUT2D eigenvalue weighted by Crippen LogP contribution is -2.53. The maximum atomic E-state index is 14.5. The van der Waals surface area contributed by atoms with Crippen LogP contribution in [-0.4, -0.2) is 30.6 Å². The Morgan fingerprint density at radius 3 is 2.55 bits per heavy atom. The lowest BCUT2D eigenvalue weighted by molar-refractivity contribution is 0.105. The molecule has 0 radical (unpaired) electrons. The van der Waals surface area contributed by atoms with Crippen LogP contribution in [0.15, 0.2) is 18.2 Å². The molecule has 1 heterocycles. The minimum atomic E-state index is -0.342. The molecule has 0 aliphatic carbocycles. The van der Waals surface area contributed by atoms with Crippen molar-refractivity contribution in [1.29, 1.82) is 0 Å². The van der Waals surface area contributed by atoms with Gasteiger partial charge in [0.05, 0.1) is 13.2 Å². The Hall–Kier alpha value is -1.17. The summed E-state index contributed by atoms with van der Waals surface area (Å²) in [7, 11) is 1.47. The zero-order valence-corrected chi connectivity index (χ0v) is 12.4. The number of benzene rings is 1. The van der Waals surface area contributed by atoms with Gasteiger partial charge in [0.25, 0.3) is 0 Å². The van der Waals surface area contributed by atoms with Crippen LogP contribution in [0, 0.1) is 5.82 Å². The van der Waals surface area contributed by atoms with Gasteiger partial charge in [-0.1, -0.05) is 12.1 Å². The van der Waals surface area contributed by atoms with Crippen molar-refractivity contribution in [2.24, 2.45) is 5.84 Å². The summed E-state index contributed by atoms with van der Waals surface area (Å²) in [5.74, 6) is 5.64. The van der Waals surface area contributed by atoms with Crippen molar-refractivity contribution in [3.05, 3.63) is 29.6 Å². The van der Waals surface area contributed by atoms with E-state index in [1.165, 1.54) is 20.0 Å². The van der Waals surface area contributed by atoms with Gasteiger partial charge in [0.1, 0.15) is 0 Å². The Morgan fingerprint density at radius 2 is 2.00 bits per heavy atom. The van der Waals surface area contributed by atoms with Crippen molar-refractivity contribution < 1.29 is 9.13 Å². The molecule has 0 bridgehead atoms. The second kappa shape index (κ2) is 6.08. The number of likely N-dealkylation sites (tertiary alicyclic amines) is 1. The topological polar surface area (TPSA) is 50.5 Å². The third-order valence-electron chi connectivity index (χ3n) is 4.32. The van der Waals surface area contributed by atoms with E-state index in [9.17, 15) is 4.39 Å². The Balaban J connectivity index is 2.36. The molecule has 5 heteroatoms. The molecule has 1 aromatic carbocycles. The van der Waals surface area contributed by atoms with E-state index in [1.54, 1.807) is 18.2 Å². The smallest absolute Gasteiger partial charge is 0.169 e. The molecule has 2 rings (SSSR count). The zero-order chi connectivity index (χ0) is 14.8. The summed E-state index contributed by atoms with van der Waals surface area (Å²) >= 11 is 0. The molecule has 0 saturated carbocycles. The normalized spacial score (nSPS) is 18.2. The molecule has 1 aliphatic rings. The lowest BCUT2D eigenvalue weighted by Gasteiger charge is -2.42. The molecule has 0 spiro atoms. The van der Waals surface area contributed by atoms with E-state index in [0.717, 1.165) is 13.1 Å². The van der Waals surface area contributed by atoms with E-state index in [2.05, 4.69) is 24.2 Å². The van der Waals surface area contributed by atoms with E-state index in [4.69, 9.17) is 10.6 Å². The highest BCUT2D eigenvalue weighted by molar-refractivity contribution is 5.34. The van der Waals surface area contributed by atoms with E-state index in [0.29, 0.717) is 5.56 Å². The molecule has 1 fully saturated rings.